The second-order valence-corrected chi connectivity index (χ2v) is 8.13. The van der Waals surface area contributed by atoms with Crippen molar-refractivity contribution >= 4 is 11.8 Å². The lowest BCUT2D eigenvalue weighted by molar-refractivity contribution is -0.220. The molecule has 7 nitrogen and oxygen atoms in total. The van der Waals surface area contributed by atoms with Crippen molar-refractivity contribution in [2.24, 2.45) is 11.3 Å². The smallest absolute Gasteiger partial charge is 0.318 e. The molecule has 27 heavy (non-hydrogen) atoms. The fourth-order valence-electron chi connectivity index (χ4n) is 4.84. The minimum Gasteiger partial charge on any atom is -0.479 e. The molecule has 6 atom stereocenters. The number of esters is 1. The molecular weight excluding hydrogens is 352 g/mol. The van der Waals surface area contributed by atoms with Gasteiger partial charge in [0.25, 0.3) is 0 Å². The molecule has 0 aromatic carbocycles. The molecule has 2 fully saturated rings. The largest absolute Gasteiger partial charge is 0.479 e. The topological polar surface area (TPSA) is 102 Å². The van der Waals surface area contributed by atoms with Crippen LogP contribution < -0.4 is 0 Å². The molecule has 0 spiro atoms. The van der Waals surface area contributed by atoms with E-state index in [9.17, 15) is 19.8 Å². The molecule has 0 saturated carbocycles. The molecule has 2 saturated heterocycles. The van der Waals surface area contributed by atoms with Crippen LogP contribution in [-0.2, 0) is 23.8 Å². The van der Waals surface area contributed by atoms with Gasteiger partial charge < -0.3 is 24.4 Å². The van der Waals surface area contributed by atoms with Crippen LogP contribution in [0.2, 0.25) is 0 Å². The molecule has 4 heterocycles. The second kappa shape index (κ2) is 5.53. The zero-order valence-corrected chi connectivity index (χ0v) is 15.8. The Bertz CT molecular complexity index is 824. The lowest BCUT2D eigenvalue weighted by Crippen LogP contribution is -2.49. The first-order valence-corrected chi connectivity index (χ1v) is 9.12. The van der Waals surface area contributed by atoms with Gasteiger partial charge >= 0.3 is 5.97 Å². The maximum atomic E-state index is 12.9. The van der Waals surface area contributed by atoms with E-state index in [1.165, 1.54) is 6.08 Å². The van der Waals surface area contributed by atoms with Crippen molar-refractivity contribution in [3.63, 3.8) is 0 Å². The van der Waals surface area contributed by atoms with Crippen molar-refractivity contribution < 1.29 is 34.0 Å². The van der Waals surface area contributed by atoms with Gasteiger partial charge in [0.2, 0.25) is 11.6 Å². The third kappa shape index (κ3) is 2.13. The van der Waals surface area contributed by atoms with Gasteiger partial charge in [-0.15, -0.1) is 0 Å². The molecule has 0 amide bonds. The first kappa shape index (κ1) is 18.4. The Hall–Kier alpha value is -1.96. The highest BCUT2D eigenvalue weighted by Gasteiger charge is 2.74. The normalized spacial score (nSPS) is 47.9. The van der Waals surface area contributed by atoms with Gasteiger partial charge in [-0.05, 0) is 39.3 Å². The fraction of sp³-hybridized carbons (Fsp3) is 0.600. The van der Waals surface area contributed by atoms with Gasteiger partial charge in [0.05, 0.1) is 12.7 Å². The van der Waals surface area contributed by atoms with Crippen LogP contribution in [0.15, 0.2) is 35.1 Å². The predicted octanol–water partition coefficient (Wildman–Crippen LogP) is 1.15. The summed E-state index contributed by atoms with van der Waals surface area (Å²) >= 11 is 0. The lowest BCUT2D eigenvalue weighted by atomic mass is 9.67. The van der Waals surface area contributed by atoms with Crippen LogP contribution in [-0.4, -0.2) is 52.2 Å². The minimum absolute atomic E-state index is 0.158. The van der Waals surface area contributed by atoms with Crippen LogP contribution in [0.1, 0.15) is 34.1 Å². The highest BCUT2D eigenvalue weighted by molar-refractivity contribution is 6.00. The number of ketones is 1. The predicted molar refractivity (Wildman–Crippen MR) is 93.1 cm³/mol. The molecule has 146 valence electrons. The quantitative estimate of drug-likeness (QED) is 0.551. The van der Waals surface area contributed by atoms with Crippen LogP contribution in [0.5, 0.6) is 0 Å². The maximum Gasteiger partial charge on any atom is 0.318 e. The fourth-order valence-corrected chi connectivity index (χ4v) is 4.84. The Balaban J connectivity index is 1.91. The SMILES string of the molecule is C/C=C(\C)[C@@]1(O)O[C@H]2C[C@@]3(C)OC(=CC3=O)/C(CO)=C\[C@H]3OC(=O)[C@@]1(C)[C@H]23. The van der Waals surface area contributed by atoms with Crippen LogP contribution in [0, 0.1) is 11.3 Å². The summed E-state index contributed by atoms with van der Waals surface area (Å²) in [5.41, 5.74) is -1.65. The van der Waals surface area contributed by atoms with Crippen molar-refractivity contribution in [1.29, 1.82) is 0 Å². The zero-order chi connectivity index (χ0) is 19.8. The van der Waals surface area contributed by atoms with Crippen molar-refractivity contribution in [1.82, 2.24) is 0 Å². The Kier molecular flexibility index (Phi) is 3.77. The summed E-state index contributed by atoms with van der Waals surface area (Å²) in [6.45, 7) is 6.39. The molecule has 4 rings (SSSR count). The average Bonchev–Trinajstić information content (AvgIpc) is 3.14. The molecule has 0 aliphatic carbocycles. The van der Waals surface area contributed by atoms with Gasteiger partial charge in [0.15, 0.2) is 5.60 Å². The van der Waals surface area contributed by atoms with Gasteiger partial charge in [-0.1, -0.05) is 6.08 Å². The van der Waals surface area contributed by atoms with Crippen molar-refractivity contribution in [3.8, 4) is 0 Å². The average molecular weight is 376 g/mol. The van der Waals surface area contributed by atoms with Gasteiger partial charge in [-0.2, -0.15) is 0 Å². The molecule has 7 heteroatoms. The molecule has 2 N–H and O–H groups in total. The van der Waals surface area contributed by atoms with E-state index in [1.54, 1.807) is 39.8 Å². The maximum absolute atomic E-state index is 12.9. The highest BCUT2D eigenvalue weighted by atomic mass is 16.7. The summed E-state index contributed by atoms with van der Waals surface area (Å²) < 4.78 is 17.6. The first-order chi connectivity index (χ1) is 12.6. The summed E-state index contributed by atoms with van der Waals surface area (Å²) in [6, 6.07) is 0. The van der Waals surface area contributed by atoms with Crippen LogP contribution in [0.3, 0.4) is 0 Å². The first-order valence-electron chi connectivity index (χ1n) is 9.12. The number of carbonyl (C=O) groups is 2. The third-order valence-corrected chi connectivity index (χ3v) is 6.64. The van der Waals surface area contributed by atoms with Crippen LogP contribution in [0.4, 0.5) is 0 Å². The van der Waals surface area contributed by atoms with E-state index in [4.69, 9.17) is 14.2 Å². The summed E-state index contributed by atoms with van der Waals surface area (Å²) in [7, 11) is 0. The molecule has 0 aromatic heterocycles. The van der Waals surface area contributed by atoms with E-state index in [0.29, 0.717) is 11.1 Å². The van der Waals surface area contributed by atoms with E-state index < -0.39 is 40.9 Å². The second-order valence-electron chi connectivity index (χ2n) is 8.13. The zero-order valence-electron chi connectivity index (χ0n) is 15.8. The number of hydrogen-bond donors (Lipinski definition) is 2. The van der Waals surface area contributed by atoms with Crippen LogP contribution >= 0.6 is 0 Å². The standard InChI is InChI=1S/C20H24O7/c1-5-10(2)20(24)19(4)16-13(25-17(19)23)6-11(9-21)12-7-15(22)18(3,26-12)8-14(16)27-20/h5-7,13-14,16,21,24H,8-9H2,1-4H3/b10-5+,11-6-/t13-,14+,16+,18-,19-,20-/m1/s1. The van der Waals surface area contributed by atoms with Gasteiger partial charge in [0.1, 0.15) is 17.3 Å². The number of carbonyl (C=O) groups excluding carboxylic acids is 2. The number of rotatable bonds is 2. The summed E-state index contributed by atoms with van der Waals surface area (Å²) in [5.74, 6) is -2.88. The van der Waals surface area contributed by atoms with Gasteiger partial charge in [-0.25, -0.2) is 0 Å². The Morgan fingerprint density at radius 3 is 2.70 bits per heavy atom. The molecule has 0 radical (unpaired) electrons. The third-order valence-electron chi connectivity index (χ3n) is 6.64. The van der Waals surface area contributed by atoms with E-state index in [0.717, 1.165) is 0 Å². The van der Waals surface area contributed by atoms with Crippen molar-refractivity contribution in [2.45, 2.75) is 57.7 Å². The monoisotopic (exact) mass is 376 g/mol. The number of allylic oxidation sites excluding steroid dienone is 1. The molecule has 2 bridgehead atoms. The summed E-state index contributed by atoms with van der Waals surface area (Å²) in [4.78, 5) is 25.5. The van der Waals surface area contributed by atoms with Crippen LogP contribution in [0.25, 0.3) is 0 Å². The summed E-state index contributed by atoms with van der Waals surface area (Å²) in [5, 5.41) is 21.2. The number of ether oxygens (including phenoxy) is 3. The minimum atomic E-state index is -1.84. The van der Waals surface area contributed by atoms with E-state index in [-0.39, 0.29) is 24.6 Å². The molecule has 0 aromatic rings. The number of aliphatic hydroxyl groups excluding tert-OH is 1. The Morgan fingerprint density at radius 2 is 2.07 bits per heavy atom. The lowest BCUT2D eigenvalue weighted by Gasteiger charge is -2.35. The number of hydrogen-bond acceptors (Lipinski definition) is 7. The molecule has 0 unspecified atom stereocenters. The highest BCUT2D eigenvalue weighted by Crippen LogP contribution is 2.60. The Morgan fingerprint density at radius 1 is 1.37 bits per heavy atom. The van der Waals surface area contributed by atoms with Gasteiger partial charge in [-0.3, -0.25) is 9.59 Å². The van der Waals surface area contributed by atoms with E-state index >= 15 is 0 Å². The molecular formula is C20H24O7. The molecule has 4 aliphatic rings. The Labute approximate surface area is 157 Å². The van der Waals surface area contributed by atoms with E-state index in [2.05, 4.69) is 0 Å². The van der Waals surface area contributed by atoms with E-state index in [1.807, 2.05) is 0 Å². The number of fused-ring (bicyclic) bond motifs is 2. The van der Waals surface area contributed by atoms with Crippen molar-refractivity contribution in [3.05, 3.63) is 35.1 Å². The molecule has 4 aliphatic heterocycles. The number of aliphatic hydroxyl groups is 2. The van der Waals surface area contributed by atoms with Crippen molar-refractivity contribution in [2.75, 3.05) is 6.61 Å². The summed E-state index contributed by atoms with van der Waals surface area (Å²) in [6.07, 6.45) is 3.47. The van der Waals surface area contributed by atoms with Gasteiger partial charge in [0, 0.05) is 24.0 Å².